The van der Waals surface area contributed by atoms with Crippen LogP contribution in [0.15, 0.2) is 24.3 Å². The first-order valence-corrected chi connectivity index (χ1v) is 8.95. The highest BCUT2D eigenvalue weighted by atomic mass is 32.1. The van der Waals surface area contributed by atoms with Crippen molar-refractivity contribution in [2.24, 2.45) is 0 Å². The predicted molar refractivity (Wildman–Crippen MR) is 96.0 cm³/mol. The summed E-state index contributed by atoms with van der Waals surface area (Å²) < 4.78 is 2.50. The zero-order chi connectivity index (χ0) is 18.7. The van der Waals surface area contributed by atoms with Crippen LogP contribution in [-0.4, -0.2) is 20.4 Å². The first-order valence-electron chi connectivity index (χ1n) is 8.54. The number of hydrogen-bond acceptors (Lipinski definition) is 6. The number of aliphatic carboxylic acids is 1. The second-order valence-electron chi connectivity index (χ2n) is 6.31. The molecule has 1 aliphatic carbocycles. The molecule has 0 saturated carbocycles. The van der Waals surface area contributed by atoms with Crippen LogP contribution in [0, 0.1) is 14.8 Å². The molecule has 0 aliphatic heterocycles. The monoisotopic (exact) mass is 372 g/mol. The summed E-state index contributed by atoms with van der Waals surface area (Å²) in [4.78, 5) is 26.0. The predicted octanol–water partition coefficient (Wildman–Crippen LogP) is 2.60. The van der Waals surface area contributed by atoms with Gasteiger partial charge in [0.05, 0.1) is 4.92 Å². The van der Waals surface area contributed by atoms with Gasteiger partial charge < -0.3 is 14.5 Å². The van der Waals surface area contributed by atoms with Crippen LogP contribution in [0.25, 0.3) is 11.4 Å². The lowest BCUT2D eigenvalue weighted by atomic mass is 9.96. The minimum absolute atomic E-state index is 0.0192. The van der Waals surface area contributed by atoms with Crippen molar-refractivity contribution in [2.45, 2.75) is 45.1 Å². The fourth-order valence-electron chi connectivity index (χ4n) is 3.37. The summed E-state index contributed by atoms with van der Waals surface area (Å²) in [6, 6.07) is 6.27. The highest BCUT2D eigenvalue weighted by Crippen LogP contribution is 2.29. The summed E-state index contributed by atoms with van der Waals surface area (Å²) in [6.07, 6.45) is 4.13. The van der Waals surface area contributed by atoms with Crippen molar-refractivity contribution < 1.29 is 14.8 Å². The van der Waals surface area contributed by atoms with E-state index in [4.69, 9.17) is 12.2 Å². The number of carbonyl (C=O) groups is 1. The Morgan fingerprint density at radius 3 is 2.81 bits per heavy atom. The van der Waals surface area contributed by atoms with E-state index < -0.39 is 10.9 Å². The van der Waals surface area contributed by atoms with Crippen LogP contribution in [0.4, 0.5) is 5.69 Å². The normalized spacial score (nSPS) is 13.2. The Bertz CT molecular complexity index is 923. The SMILES string of the molecule is O=C([O-])CCCn1c(-c2cccc([N+](=O)[O-])c2)nc(=S)c2c1CCCC2. The third-order valence-corrected chi connectivity index (χ3v) is 4.90. The standard InChI is InChI=1S/C18H19N3O4S/c22-16(23)9-4-10-20-15-8-2-1-7-14(15)18(26)19-17(20)12-5-3-6-13(11-12)21(24)25/h3,5-6,11H,1-2,4,7-10H2,(H,22,23)/p-1. The molecule has 26 heavy (non-hydrogen) atoms. The average molecular weight is 372 g/mol. The van der Waals surface area contributed by atoms with Crippen molar-refractivity contribution in [3.05, 3.63) is 50.3 Å². The summed E-state index contributed by atoms with van der Waals surface area (Å²) >= 11 is 5.46. The number of fused-ring (bicyclic) bond motifs is 1. The van der Waals surface area contributed by atoms with Gasteiger partial charge in [-0.05, 0) is 38.5 Å². The summed E-state index contributed by atoms with van der Waals surface area (Å²) in [7, 11) is 0. The molecular formula is C18H18N3O4S-. The van der Waals surface area contributed by atoms with Crippen molar-refractivity contribution >= 4 is 23.9 Å². The van der Waals surface area contributed by atoms with Gasteiger partial charge in [0, 0.05) is 41.5 Å². The topological polar surface area (TPSA) is 101 Å². The first-order chi connectivity index (χ1) is 12.5. The second kappa shape index (κ2) is 7.74. The number of nitro benzene ring substituents is 1. The molecule has 1 aromatic carbocycles. The van der Waals surface area contributed by atoms with Gasteiger partial charge >= 0.3 is 0 Å². The largest absolute Gasteiger partial charge is 0.550 e. The van der Waals surface area contributed by atoms with Crippen LogP contribution in [0.2, 0.25) is 0 Å². The molecule has 3 rings (SSSR count). The summed E-state index contributed by atoms with van der Waals surface area (Å²) in [5.74, 6) is -0.540. The minimum atomic E-state index is -1.09. The number of benzene rings is 1. The molecule has 0 bridgehead atoms. The van der Waals surface area contributed by atoms with Gasteiger partial charge in [0.1, 0.15) is 10.5 Å². The molecule has 1 aliphatic rings. The van der Waals surface area contributed by atoms with E-state index in [-0.39, 0.29) is 12.1 Å². The van der Waals surface area contributed by atoms with E-state index in [1.807, 2.05) is 4.57 Å². The molecule has 8 heteroatoms. The lowest BCUT2D eigenvalue weighted by Crippen LogP contribution is -2.23. The molecule has 0 amide bonds. The zero-order valence-corrected chi connectivity index (χ0v) is 15.0. The van der Waals surface area contributed by atoms with Crippen LogP contribution in [0.1, 0.15) is 36.9 Å². The maximum absolute atomic E-state index is 11.1. The maximum atomic E-state index is 11.1. The Balaban J connectivity index is 2.12. The van der Waals surface area contributed by atoms with E-state index >= 15 is 0 Å². The molecule has 1 heterocycles. The fourth-order valence-corrected chi connectivity index (χ4v) is 3.68. The lowest BCUT2D eigenvalue weighted by Gasteiger charge is -2.24. The quantitative estimate of drug-likeness (QED) is 0.439. The van der Waals surface area contributed by atoms with E-state index in [1.165, 1.54) is 12.1 Å². The number of nitro groups is 1. The van der Waals surface area contributed by atoms with E-state index in [0.29, 0.717) is 29.0 Å². The third-order valence-electron chi connectivity index (χ3n) is 4.56. The zero-order valence-electron chi connectivity index (χ0n) is 14.1. The number of rotatable bonds is 6. The Morgan fingerprint density at radius 2 is 2.08 bits per heavy atom. The molecule has 0 unspecified atom stereocenters. The molecular weight excluding hydrogens is 354 g/mol. The van der Waals surface area contributed by atoms with Gasteiger partial charge in [-0.1, -0.05) is 24.4 Å². The van der Waals surface area contributed by atoms with Gasteiger partial charge in [0.25, 0.3) is 5.69 Å². The maximum Gasteiger partial charge on any atom is 0.270 e. The van der Waals surface area contributed by atoms with Gasteiger partial charge in [-0.25, -0.2) is 4.98 Å². The van der Waals surface area contributed by atoms with Gasteiger partial charge in [-0.15, -0.1) is 0 Å². The van der Waals surface area contributed by atoms with Gasteiger partial charge in [-0.3, -0.25) is 10.1 Å². The van der Waals surface area contributed by atoms with Crippen molar-refractivity contribution in [3.8, 4) is 11.4 Å². The summed E-state index contributed by atoms with van der Waals surface area (Å²) in [5.41, 5.74) is 2.69. The van der Waals surface area contributed by atoms with Crippen molar-refractivity contribution in [1.29, 1.82) is 0 Å². The Kier molecular flexibility index (Phi) is 5.41. The smallest absolute Gasteiger partial charge is 0.270 e. The van der Waals surface area contributed by atoms with E-state index in [0.717, 1.165) is 36.9 Å². The number of hydrogen-bond donors (Lipinski definition) is 0. The number of aromatic nitrogens is 2. The summed E-state index contributed by atoms with van der Waals surface area (Å²) in [6.45, 7) is 0.455. The minimum Gasteiger partial charge on any atom is -0.550 e. The van der Waals surface area contributed by atoms with E-state index in [1.54, 1.807) is 12.1 Å². The van der Waals surface area contributed by atoms with Crippen molar-refractivity contribution in [2.75, 3.05) is 0 Å². The van der Waals surface area contributed by atoms with Crippen LogP contribution in [-0.2, 0) is 24.2 Å². The molecule has 0 saturated heterocycles. The fraction of sp³-hybridized carbons (Fsp3) is 0.389. The highest BCUT2D eigenvalue weighted by molar-refractivity contribution is 7.71. The van der Waals surface area contributed by atoms with Crippen LogP contribution in [0.3, 0.4) is 0 Å². The molecule has 0 atom stereocenters. The average Bonchev–Trinajstić information content (AvgIpc) is 2.63. The Hall–Kier alpha value is -2.61. The molecule has 0 radical (unpaired) electrons. The van der Waals surface area contributed by atoms with Gasteiger partial charge in [0.15, 0.2) is 0 Å². The van der Waals surface area contributed by atoms with Crippen molar-refractivity contribution in [1.82, 2.24) is 9.55 Å². The van der Waals surface area contributed by atoms with Gasteiger partial charge in [-0.2, -0.15) is 0 Å². The summed E-state index contributed by atoms with van der Waals surface area (Å²) in [5, 5.41) is 21.9. The number of nitrogens with zero attached hydrogens (tertiary/aromatic N) is 3. The molecule has 1 aromatic heterocycles. The number of non-ortho nitro benzene ring substituents is 1. The van der Waals surface area contributed by atoms with Crippen molar-refractivity contribution in [3.63, 3.8) is 0 Å². The number of carboxylic acids is 1. The molecule has 2 aromatic rings. The van der Waals surface area contributed by atoms with Gasteiger partial charge in [0.2, 0.25) is 0 Å². The molecule has 0 N–H and O–H groups in total. The van der Waals surface area contributed by atoms with Crippen LogP contribution < -0.4 is 5.11 Å². The van der Waals surface area contributed by atoms with Crippen LogP contribution in [0.5, 0.6) is 0 Å². The number of carbonyl (C=O) groups excluding carboxylic acids is 1. The third kappa shape index (κ3) is 3.80. The molecule has 7 nitrogen and oxygen atoms in total. The lowest BCUT2D eigenvalue weighted by molar-refractivity contribution is -0.384. The first kappa shape index (κ1) is 18.2. The highest BCUT2D eigenvalue weighted by Gasteiger charge is 2.20. The van der Waals surface area contributed by atoms with E-state index in [9.17, 15) is 20.0 Å². The molecule has 136 valence electrons. The Morgan fingerprint density at radius 1 is 1.31 bits per heavy atom. The number of carboxylic acid groups (broad SMARTS) is 1. The molecule has 0 fully saturated rings. The Labute approximate surface area is 155 Å². The molecule has 0 spiro atoms. The van der Waals surface area contributed by atoms with E-state index in [2.05, 4.69) is 4.98 Å². The van der Waals surface area contributed by atoms with Crippen LogP contribution >= 0.6 is 12.2 Å². The second-order valence-corrected chi connectivity index (χ2v) is 6.69.